The molecule has 8 heteroatoms. The molecule has 0 aromatic heterocycles. The van der Waals surface area contributed by atoms with E-state index >= 15 is 0 Å². The molecule has 1 aromatic carbocycles. The number of hydrogen-bond donors (Lipinski definition) is 3. The fourth-order valence-electron chi connectivity index (χ4n) is 4.08. The lowest BCUT2D eigenvalue weighted by atomic mass is 9.87. The molecule has 0 spiro atoms. The standard InChI is InChI=1S/C27H43N3O5/c1-17(2)16-20(28-25(34)35-27(6,7)8)24(33)30(18-12-11-13-18)22(23(32)29-26(3,4)5)19-14-9-10-15-21(19)31/h9-10,14-15,17-18,20,22,31H,11-13,16H2,1-8H3,(H,28,34)(H,29,32). The predicted octanol–water partition coefficient (Wildman–Crippen LogP) is 4.67. The van der Waals surface area contributed by atoms with Crippen LogP contribution in [0.1, 0.15) is 92.7 Å². The Balaban J connectivity index is 2.52. The second kappa shape index (κ2) is 11.3. The Morgan fingerprint density at radius 2 is 1.69 bits per heavy atom. The number of aromatic hydroxyl groups is 1. The van der Waals surface area contributed by atoms with Gasteiger partial charge in [0.05, 0.1) is 0 Å². The summed E-state index contributed by atoms with van der Waals surface area (Å²) in [5.74, 6) is -0.681. The van der Waals surface area contributed by atoms with Crippen LogP contribution >= 0.6 is 0 Å². The average Bonchev–Trinajstić information content (AvgIpc) is 2.63. The Kier molecular flexibility index (Phi) is 9.20. The van der Waals surface area contributed by atoms with Crippen molar-refractivity contribution in [2.24, 2.45) is 5.92 Å². The van der Waals surface area contributed by atoms with Crippen LogP contribution in [0.4, 0.5) is 4.79 Å². The molecule has 3 N–H and O–H groups in total. The van der Waals surface area contributed by atoms with Crippen LogP contribution in [0.15, 0.2) is 24.3 Å². The van der Waals surface area contributed by atoms with Gasteiger partial charge in [-0.05, 0) is 79.2 Å². The summed E-state index contributed by atoms with van der Waals surface area (Å²) in [6, 6.07) is 4.51. The number of hydrogen-bond acceptors (Lipinski definition) is 5. The summed E-state index contributed by atoms with van der Waals surface area (Å²) in [4.78, 5) is 41.9. The van der Waals surface area contributed by atoms with Gasteiger partial charge in [-0.15, -0.1) is 0 Å². The fraction of sp³-hybridized carbons (Fsp3) is 0.667. The van der Waals surface area contributed by atoms with E-state index in [4.69, 9.17) is 4.74 Å². The highest BCUT2D eigenvalue weighted by Gasteiger charge is 2.43. The van der Waals surface area contributed by atoms with Crippen molar-refractivity contribution < 1.29 is 24.2 Å². The molecule has 0 heterocycles. The van der Waals surface area contributed by atoms with Crippen LogP contribution in [0.2, 0.25) is 0 Å². The number of nitrogens with zero attached hydrogens (tertiary/aromatic N) is 1. The Bertz CT molecular complexity index is 897. The molecule has 8 nitrogen and oxygen atoms in total. The van der Waals surface area contributed by atoms with Crippen LogP contribution < -0.4 is 10.6 Å². The minimum atomic E-state index is -1.04. The van der Waals surface area contributed by atoms with Gasteiger partial charge >= 0.3 is 6.09 Å². The normalized spacial score (nSPS) is 16.1. The van der Waals surface area contributed by atoms with E-state index in [1.807, 2.05) is 34.6 Å². The molecule has 35 heavy (non-hydrogen) atoms. The quantitative estimate of drug-likeness (QED) is 0.492. The van der Waals surface area contributed by atoms with Gasteiger partial charge in [-0.3, -0.25) is 9.59 Å². The van der Waals surface area contributed by atoms with Gasteiger partial charge in [0.25, 0.3) is 0 Å². The maximum absolute atomic E-state index is 14.1. The number of ether oxygens (including phenoxy) is 1. The smallest absolute Gasteiger partial charge is 0.408 e. The summed E-state index contributed by atoms with van der Waals surface area (Å²) < 4.78 is 5.42. The molecular weight excluding hydrogens is 446 g/mol. The topological polar surface area (TPSA) is 108 Å². The van der Waals surface area contributed by atoms with E-state index < -0.39 is 29.3 Å². The number of para-hydroxylation sites is 1. The van der Waals surface area contributed by atoms with Gasteiger partial charge in [0.15, 0.2) is 0 Å². The van der Waals surface area contributed by atoms with Crippen LogP contribution in [0.5, 0.6) is 5.75 Å². The van der Waals surface area contributed by atoms with Gasteiger partial charge in [-0.1, -0.05) is 32.0 Å². The molecule has 196 valence electrons. The van der Waals surface area contributed by atoms with Crippen molar-refractivity contribution in [3.63, 3.8) is 0 Å². The van der Waals surface area contributed by atoms with Crippen molar-refractivity contribution in [1.82, 2.24) is 15.5 Å². The van der Waals surface area contributed by atoms with Gasteiger partial charge < -0.3 is 25.4 Å². The SMILES string of the molecule is CC(C)CC(NC(=O)OC(C)(C)C)C(=O)N(C1CCC1)C(C(=O)NC(C)(C)C)c1ccccc1O. The summed E-state index contributed by atoms with van der Waals surface area (Å²) in [5.41, 5.74) is -0.899. The third-order valence-corrected chi connectivity index (χ3v) is 5.67. The second-order valence-corrected chi connectivity index (χ2v) is 11.9. The summed E-state index contributed by atoms with van der Waals surface area (Å²) in [7, 11) is 0. The third-order valence-electron chi connectivity index (χ3n) is 5.67. The molecule has 0 radical (unpaired) electrons. The number of phenolic OH excluding ortho intramolecular Hbond substituents is 1. The first-order chi connectivity index (χ1) is 16.1. The minimum Gasteiger partial charge on any atom is -0.508 e. The van der Waals surface area contributed by atoms with Crippen molar-refractivity contribution in [3.05, 3.63) is 29.8 Å². The van der Waals surface area contributed by atoms with E-state index in [1.54, 1.807) is 43.9 Å². The van der Waals surface area contributed by atoms with Gasteiger partial charge in [0.1, 0.15) is 23.4 Å². The molecule has 0 saturated heterocycles. The molecule has 0 bridgehead atoms. The maximum atomic E-state index is 14.1. The highest BCUT2D eigenvalue weighted by atomic mass is 16.6. The molecule has 1 aromatic rings. The number of carbonyl (C=O) groups is 3. The Labute approximate surface area is 209 Å². The van der Waals surface area contributed by atoms with Crippen molar-refractivity contribution >= 4 is 17.9 Å². The molecule has 0 aliphatic heterocycles. The lowest BCUT2D eigenvalue weighted by Crippen LogP contribution is -2.58. The number of nitrogens with one attached hydrogen (secondary N) is 2. The third kappa shape index (κ3) is 8.44. The largest absolute Gasteiger partial charge is 0.508 e. The van der Waals surface area contributed by atoms with Gasteiger partial charge in [-0.2, -0.15) is 0 Å². The maximum Gasteiger partial charge on any atom is 0.408 e. The first kappa shape index (κ1) is 28.5. The Morgan fingerprint density at radius 1 is 1.09 bits per heavy atom. The van der Waals surface area contributed by atoms with E-state index in [-0.39, 0.29) is 29.5 Å². The molecular formula is C27H43N3O5. The zero-order valence-corrected chi connectivity index (χ0v) is 22.5. The summed E-state index contributed by atoms with van der Waals surface area (Å²) in [6.45, 7) is 14.8. The highest BCUT2D eigenvalue weighted by Crippen LogP contribution is 2.37. The van der Waals surface area contributed by atoms with Gasteiger partial charge in [0, 0.05) is 17.1 Å². The van der Waals surface area contributed by atoms with Crippen LogP contribution in [0.25, 0.3) is 0 Å². The molecule has 1 fully saturated rings. The first-order valence-corrected chi connectivity index (χ1v) is 12.5. The van der Waals surface area contributed by atoms with E-state index in [9.17, 15) is 19.5 Å². The van der Waals surface area contributed by atoms with E-state index in [2.05, 4.69) is 10.6 Å². The first-order valence-electron chi connectivity index (χ1n) is 12.5. The molecule has 2 rings (SSSR count). The summed E-state index contributed by atoms with van der Waals surface area (Å²) in [5, 5.41) is 16.4. The van der Waals surface area contributed by atoms with Gasteiger partial charge in [0.2, 0.25) is 11.8 Å². The van der Waals surface area contributed by atoms with Crippen LogP contribution in [0, 0.1) is 5.92 Å². The minimum absolute atomic E-state index is 0.0563. The van der Waals surface area contributed by atoms with E-state index in [0.29, 0.717) is 12.0 Å². The number of carbonyl (C=O) groups excluding carboxylic acids is 3. The predicted molar refractivity (Wildman–Crippen MR) is 136 cm³/mol. The highest BCUT2D eigenvalue weighted by molar-refractivity contribution is 5.93. The van der Waals surface area contributed by atoms with Crippen molar-refractivity contribution in [2.45, 2.75) is 110 Å². The molecule has 1 aliphatic rings. The van der Waals surface area contributed by atoms with Crippen molar-refractivity contribution in [2.75, 3.05) is 0 Å². The molecule has 1 aliphatic carbocycles. The van der Waals surface area contributed by atoms with Crippen LogP contribution in [-0.2, 0) is 14.3 Å². The molecule has 1 saturated carbocycles. The Morgan fingerprint density at radius 3 is 2.14 bits per heavy atom. The number of alkyl carbamates (subject to hydrolysis) is 1. The molecule has 3 amide bonds. The summed E-state index contributed by atoms with van der Waals surface area (Å²) >= 11 is 0. The zero-order chi connectivity index (χ0) is 26.6. The van der Waals surface area contributed by atoms with E-state index in [1.165, 1.54) is 6.07 Å². The molecule has 2 atom stereocenters. The lowest BCUT2D eigenvalue weighted by Gasteiger charge is -2.44. The number of amides is 3. The average molecular weight is 490 g/mol. The second-order valence-electron chi connectivity index (χ2n) is 11.9. The van der Waals surface area contributed by atoms with Crippen molar-refractivity contribution in [1.29, 1.82) is 0 Å². The monoisotopic (exact) mass is 489 g/mol. The number of benzene rings is 1. The van der Waals surface area contributed by atoms with Crippen LogP contribution in [-0.4, -0.2) is 51.1 Å². The van der Waals surface area contributed by atoms with Crippen LogP contribution in [0.3, 0.4) is 0 Å². The fourth-order valence-corrected chi connectivity index (χ4v) is 4.08. The number of rotatable bonds is 8. The number of phenols is 1. The zero-order valence-electron chi connectivity index (χ0n) is 22.5. The lowest BCUT2D eigenvalue weighted by molar-refractivity contribution is -0.148. The van der Waals surface area contributed by atoms with Crippen molar-refractivity contribution in [3.8, 4) is 5.75 Å². The Hall–Kier alpha value is -2.77. The van der Waals surface area contributed by atoms with Gasteiger partial charge in [-0.25, -0.2) is 4.79 Å². The van der Waals surface area contributed by atoms with E-state index in [0.717, 1.165) is 19.3 Å². The molecule has 2 unspecified atom stereocenters. The summed E-state index contributed by atoms with van der Waals surface area (Å²) in [6.07, 6.45) is 2.15.